The monoisotopic (exact) mass is 357 g/mol. The Hall–Kier alpha value is -0.540. The number of halogens is 3. The number of rotatable bonds is 4. The highest BCUT2D eigenvalue weighted by molar-refractivity contribution is 9.10. The molecule has 0 spiro atoms. The van der Waals surface area contributed by atoms with E-state index >= 15 is 0 Å². The average Bonchev–Trinajstić information content (AvgIpc) is 2.40. The molecule has 0 amide bonds. The minimum atomic E-state index is 0.253. The van der Waals surface area contributed by atoms with Gasteiger partial charge in [0, 0.05) is 27.1 Å². The lowest BCUT2D eigenvalue weighted by molar-refractivity contribution is 0.574. The van der Waals surface area contributed by atoms with Crippen molar-refractivity contribution in [3.8, 4) is 0 Å². The van der Waals surface area contributed by atoms with Crippen LogP contribution in [0.1, 0.15) is 24.1 Å². The quantitative estimate of drug-likeness (QED) is 0.749. The molecular formula is C15H14BrCl2N. The summed E-state index contributed by atoms with van der Waals surface area (Å²) in [4.78, 5) is 0. The lowest BCUT2D eigenvalue weighted by atomic mass is 10.1. The van der Waals surface area contributed by atoms with Gasteiger partial charge in [-0.05, 0) is 48.4 Å². The highest BCUT2D eigenvalue weighted by atomic mass is 79.9. The van der Waals surface area contributed by atoms with Crippen LogP contribution in [-0.4, -0.2) is 0 Å². The first-order valence-corrected chi connectivity index (χ1v) is 7.54. The minimum absolute atomic E-state index is 0.253. The molecule has 0 fully saturated rings. The molecule has 0 aliphatic carbocycles. The van der Waals surface area contributed by atoms with E-state index in [0.717, 1.165) is 26.6 Å². The van der Waals surface area contributed by atoms with Crippen LogP contribution in [-0.2, 0) is 6.54 Å². The van der Waals surface area contributed by atoms with E-state index in [-0.39, 0.29) is 6.04 Å². The molecule has 0 aliphatic heterocycles. The number of hydrogen-bond donors (Lipinski definition) is 1. The van der Waals surface area contributed by atoms with Crippen LogP contribution in [0.25, 0.3) is 0 Å². The fourth-order valence-corrected chi connectivity index (χ4v) is 2.52. The molecule has 2 aromatic rings. The van der Waals surface area contributed by atoms with Crippen LogP contribution in [0.4, 0.5) is 0 Å². The van der Waals surface area contributed by atoms with Gasteiger partial charge in [-0.15, -0.1) is 0 Å². The Balaban J connectivity index is 2.02. The smallest absolute Gasteiger partial charge is 0.0410 e. The molecule has 1 atom stereocenters. The summed E-state index contributed by atoms with van der Waals surface area (Å²) >= 11 is 15.4. The summed E-state index contributed by atoms with van der Waals surface area (Å²) in [5.74, 6) is 0. The first kappa shape index (κ1) is 14.9. The first-order chi connectivity index (χ1) is 9.06. The molecule has 2 aromatic carbocycles. The Morgan fingerprint density at radius 3 is 2.37 bits per heavy atom. The largest absolute Gasteiger partial charge is 0.306 e. The van der Waals surface area contributed by atoms with Gasteiger partial charge < -0.3 is 5.32 Å². The predicted octanol–water partition coefficient (Wildman–Crippen LogP) is 5.61. The fraction of sp³-hybridized carbons (Fsp3) is 0.200. The summed E-state index contributed by atoms with van der Waals surface area (Å²) in [6.07, 6.45) is 0. The van der Waals surface area contributed by atoms with Crippen LogP contribution in [0.5, 0.6) is 0 Å². The van der Waals surface area contributed by atoms with Crippen molar-refractivity contribution in [3.05, 3.63) is 68.1 Å². The van der Waals surface area contributed by atoms with Crippen molar-refractivity contribution in [3.63, 3.8) is 0 Å². The lowest BCUT2D eigenvalue weighted by Crippen LogP contribution is -2.18. The fourth-order valence-electron chi connectivity index (χ4n) is 1.81. The summed E-state index contributed by atoms with van der Waals surface area (Å²) in [5.41, 5.74) is 2.36. The summed E-state index contributed by atoms with van der Waals surface area (Å²) in [6.45, 7) is 2.88. The molecule has 0 radical (unpaired) electrons. The van der Waals surface area contributed by atoms with Crippen LogP contribution < -0.4 is 5.32 Å². The van der Waals surface area contributed by atoms with Gasteiger partial charge in [-0.2, -0.15) is 0 Å². The van der Waals surface area contributed by atoms with Gasteiger partial charge in [-0.1, -0.05) is 51.3 Å². The molecule has 0 unspecified atom stereocenters. The van der Waals surface area contributed by atoms with Gasteiger partial charge >= 0.3 is 0 Å². The van der Waals surface area contributed by atoms with Crippen LogP contribution in [0.15, 0.2) is 46.9 Å². The number of hydrogen-bond acceptors (Lipinski definition) is 1. The Kier molecular flexibility index (Phi) is 5.28. The highest BCUT2D eigenvalue weighted by Gasteiger charge is 2.06. The van der Waals surface area contributed by atoms with Crippen molar-refractivity contribution >= 4 is 39.1 Å². The molecule has 2 rings (SSSR count). The average molecular weight is 359 g/mol. The van der Waals surface area contributed by atoms with Gasteiger partial charge in [0.15, 0.2) is 0 Å². The van der Waals surface area contributed by atoms with E-state index in [4.69, 9.17) is 23.2 Å². The third-order valence-electron chi connectivity index (χ3n) is 2.98. The van der Waals surface area contributed by atoms with Gasteiger partial charge in [0.05, 0.1) is 0 Å². The van der Waals surface area contributed by atoms with E-state index in [1.54, 1.807) is 0 Å². The number of benzene rings is 2. The van der Waals surface area contributed by atoms with Crippen molar-refractivity contribution in [2.75, 3.05) is 0 Å². The molecule has 0 bridgehead atoms. The van der Waals surface area contributed by atoms with E-state index < -0.39 is 0 Å². The topological polar surface area (TPSA) is 12.0 Å². The molecule has 100 valence electrons. The second kappa shape index (κ2) is 6.76. The maximum Gasteiger partial charge on any atom is 0.0410 e. The second-order valence-corrected chi connectivity index (χ2v) is 6.12. The zero-order valence-electron chi connectivity index (χ0n) is 10.5. The molecule has 0 aliphatic rings. The predicted molar refractivity (Wildman–Crippen MR) is 85.9 cm³/mol. The van der Waals surface area contributed by atoms with Gasteiger partial charge in [-0.3, -0.25) is 0 Å². The van der Waals surface area contributed by atoms with Crippen molar-refractivity contribution in [2.24, 2.45) is 0 Å². The van der Waals surface area contributed by atoms with E-state index in [2.05, 4.69) is 28.2 Å². The summed E-state index contributed by atoms with van der Waals surface area (Å²) in [6, 6.07) is 13.9. The van der Waals surface area contributed by atoms with Crippen molar-refractivity contribution in [1.82, 2.24) is 5.32 Å². The van der Waals surface area contributed by atoms with Crippen LogP contribution in [0.2, 0.25) is 10.0 Å². The minimum Gasteiger partial charge on any atom is -0.306 e. The molecular weight excluding hydrogens is 345 g/mol. The molecule has 0 saturated carbocycles. The standard InChI is InChI=1S/C15H14BrCl2N/c1-10(11-2-4-13(17)5-3-11)19-9-12-8-14(18)6-7-15(12)16/h2-8,10,19H,9H2,1H3/t10-/m0/s1. The molecule has 0 saturated heterocycles. The molecule has 0 heterocycles. The van der Waals surface area contributed by atoms with Crippen molar-refractivity contribution in [2.45, 2.75) is 19.5 Å². The van der Waals surface area contributed by atoms with Gasteiger partial charge in [0.1, 0.15) is 0 Å². The summed E-state index contributed by atoms with van der Waals surface area (Å²) < 4.78 is 1.06. The van der Waals surface area contributed by atoms with Gasteiger partial charge in [0.2, 0.25) is 0 Å². The third-order valence-corrected chi connectivity index (χ3v) is 4.24. The first-order valence-electron chi connectivity index (χ1n) is 5.99. The summed E-state index contributed by atoms with van der Waals surface area (Å²) in [5, 5.41) is 4.98. The molecule has 1 nitrogen and oxygen atoms in total. The zero-order chi connectivity index (χ0) is 13.8. The van der Waals surface area contributed by atoms with E-state index in [9.17, 15) is 0 Å². The Bertz CT molecular complexity index is 555. The third kappa shape index (κ3) is 4.22. The van der Waals surface area contributed by atoms with Crippen LogP contribution in [0.3, 0.4) is 0 Å². The van der Waals surface area contributed by atoms with E-state index in [1.807, 2.05) is 42.5 Å². The molecule has 19 heavy (non-hydrogen) atoms. The Labute approximate surface area is 132 Å². The second-order valence-electron chi connectivity index (χ2n) is 4.39. The maximum atomic E-state index is 6.00. The molecule has 0 aromatic heterocycles. The zero-order valence-corrected chi connectivity index (χ0v) is 13.6. The van der Waals surface area contributed by atoms with Crippen molar-refractivity contribution < 1.29 is 0 Å². The van der Waals surface area contributed by atoms with E-state index in [0.29, 0.717) is 0 Å². The van der Waals surface area contributed by atoms with Gasteiger partial charge in [-0.25, -0.2) is 0 Å². The van der Waals surface area contributed by atoms with Crippen molar-refractivity contribution in [1.29, 1.82) is 0 Å². The Morgan fingerprint density at radius 1 is 1.05 bits per heavy atom. The lowest BCUT2D eigenvalue weighted by Gasteiger charge is -2.15. The van der Waals surface area contributed by atoms with Crippen LogP contribution in [0, 0.1) is 0 Å². The van der Waals surface area contributed by atoms with E-state index in [1.165, 1.54) is 5.56 Å². The molecule has 4 heteroatoms. The maximum absolute atomic E-state index is 6.00. The summed E-state index contributed by atoms with van der Waals surface area (Å²) in [7, 11) is 0. The normalized spacial score (nSPS) is 12.4. The molecule has 1 N–H and O–H groups in total. The Morgan fingerprint density at radius 2 is 1.68 bits per heavy atom. The number of nitrogens with one attached hydrogen (secondary N) is 1. The highest BCUT2D eigenvalue weighted by Crippen LogP contribution is 2.22. The van der Waals surface area contributed by atoms with Gasteiger partial charge in [0.25, 0.3) is 0 Å². The SMILES string of the molecule is C[C@H](NCc1cc(Cl)ccc1Br)c1ccc(Cl)cc1. The van der Waals surface area contributed by atoms with Crippen LogP contribution >= 0.6 is 39.1 Å².